The van der Waals surface area contributed by atoms with E-state index in [1.165, 1.54) is 6.07 Å². The van der Waals surface area contributed by atoms with Gasteiger partial charge in [-0.3, -0.25) is 10.1 Å². The van der Waals surface area contributed by atoms with Crippen LogP contribution in [0.4, 0.5) is 5.69 Å². The Bertz CT molecular complexity index is 689. The number of benzene rings is 2. The van der Waals surface area contributed by atoms with E-state index in [9.17, 15) is 15.2 Å². The van der Waals surface area contributed by atoms with Crippen molar-refractivity contribution in [1.82, 2.24) is 0 Å². The minimum atomic E-state index is -0.583. The van der Waals surface area contributed by atoms with Gasteiger partial charge in [0.15, 0.2) is 0 Å². The highest BCUT2D eigenvalue weighted by atomic mass is 79.9. The van der Waals surface area contributed by atoms with E-state index in [2.05, 4.69) is 31.9 Å². The minimum absolute atomic E-state index is 0.0655. The fraction of sp³-hybridized carbons (Fsp3) is 0.143. The van der Waals surface area contributed by atoms with Crippen molar-refractivity contribution in [2.24, 2.45) is 0 Å². The quantitative estimate of drug-likeness (QED) is 0.564. The number of ether oxygens (including phenoxy) is 1. The van der Waals surface area contributed by atoms with Crippen molar-refractivity contribution < 1.29 is 14.8 Å². The molecule has 0 amide bonds. The summed E-state index contributed by atoms with van der Waals surface area (Å²) in [5.74, 6) is 0.843. The van der Waals surface area contributed by atoms with Crippen LogP contribution in [0.15, 0.2) is 45.3 Å². The lowest BCUT2D eigenvalue weighted by Crippen LogP contribution is -1.94. The molecule has 2 aromatic carbocycles. The van der Waals surface area contributed by atoms with Gasteiger partial charge in [0.25, 0.3) is 5.69 Å². The van der Waals surface area contributed by atoms with Gasteiger partial charge in [-0.05, 0) is 62.5 Å². The van der Waals surface area contributed by atoms with Crippen LogP contribution in [0.2, 0.25) is 0 Å². The number of aliphatic hydroxyl groups is 1. The average Bonchev–Trinajstić information content (AvgIpc) is 2.42. The highest BCUT2D eigenvalue weighted by molar-refractivity contribution is 9.11. The molecule has 0 aromatic heterocycles. The highest BCUT2D eigenvalue weighted by Gasteiger charge is 2.17. The zero-order valence-corrected chi connectivity index (χ0v) is 14.1. The van der Waals surface area contributed by atoms with E-state index in [0.717, 1.165) is 5.56 Å². The smallest absolute Gasteiger partial charge is 0.287 e. The van der Waals surface area contributed by atoms with Gasteiger partial charge in [0.2, 0.25) is 0 Å². The molecule has 0 heterocycles. The fourth-order valence-electron chi connectivity index (χ4n) is 1.70. The van der Waals surface area contributed by atoms with Crippen LogP contribution in [-0.2, 0) is 0 Å². The summed E-state index contributed by atoms with van der Waals surface area (Å²) in [7, 11) is 0. The van der Waals surface area contributed by atoms with Crippen molar-refractivity contribution in [2.75, 3.05) is 0 Å². The summed E-state index contributed by atoms with van der Waals surface area (Å²) in [6, 6.07) is 9.74. The van der Waals surface area contributed by atoms with E-state index in [0.29, 0.717) is 16.0 Å². The van der Waals surface area contributed by atoms with Crippen molar-refractivity contribution in [3.8, 4) is 11.5 Å². The van der Waals surface area contributed by atoms with Crippen molar-refractivity contribution in [3.63, 3.8) is 0 Å². The number of halogens is 2. The largest absolute Gasteiger partial charge is 0.455 e. The Labute approximate surface area is 138 Å². The van der Waals surface area contributed by atoms with Gasteiger partial charge >= 0.3 is 0 Å². The van der Waals surface area contributed by atoms with Gasteiger partial charge in [0.05, 0.1) is 15.5 Å². The molecule has 0 radical (unpaired) electrons. The minimum Gasteiger partial charge on any atom is -0.455 e. The van der Waals surface area contributed by atoms with Gasteiger partial charge in [-0.15, -0.1) is 0 Å². The molecule has 0 saturated carbocycles. The van der Waals surface area contributed by atoms with Crippen LogP contribution in [0, 0.1) is 10.1 Å². The fourth-order valence-corrected chi connectivity index (χ4v) is 2.66. The number of nitro benzene ring substituents is 1. The Morgan fingerprint density at radius 2 is 1.95 bits per heavy atom. The topological polar surface area (TPSA) is 72.6 Å². The molecular weight excluding hydrogens is 406 g/mol. The summed E-state index contributed by atoms with van der Waals surface area (Å²) < 4.78 is 6.62. The van der Waals surface area contributed by atoms with E-state index < -0.39 is 11.0 Å². The monoisotopic (exact) mass is 415 g/mol. The second kappa shape index (κ2) is 6.55. The van der Waals surface area contributed by atoms with Crippen LogP contribution in [0.3, 0.4) is 0 Å². The first-order valence-electron chi connectivity index (χ1n) is 5.98. The Balaban J connectivity index is 2.35. The number of nitro groups is 1. The third-order valence-corrected chi connectivity index (χ3v) is 4.21. The molecule has 0 bridgehead atoms. The van der Waals surface area contributed by atoms with E-state index in [4.69, 9.17) is 4.74 Å². The second-order valence-corrected chi connectivity index (χ2v) is 5.96. The Morgan fingerprint density at radius 1 is 1.24 bits per heavy atom. The van der Waals surface area contributed by atoms with Crippen molar-refractivity contribution >= 4 is 37.5 Å². The normalized spacial score (nSPS) is 12.0. The Morgan fingerprint density at radius 3 is 2.52 bits per heavy atom. The van der Waals surface area contributed by atoms with Crippen molar-refractivity contribution in [1.29, 1.82) is 0 Å². The van der Waals surface area contributed by atoms with Gasteiger partial charge in [-0.2, -0.15) is 0 Å². The number of nitrogens with zero attached hydrogens (tertiary/aromatic N) is 1. The Hall–Kier alpha value is -1.44. The lowest BCUT2D eigenvalue weighted by molar-refractivity contribution is -0.385. The van der Waals surface area contributed by atoms with Crippen LogP contribution < -0.4 is 4.74 Å². The molecule has 2 aromatic rings. The summed E-state index contributed by atoms with van der Waals surface area (Å²) in [5.41, 5.74) is 0.677. The van der Waals surface area contributed by atoms with Gasteiger partial charge in [0.1, 0.15) is 16.0 Å². The first-order chi connectivity index (χ1) is 9.90. The van der Waals surface area contributed by atoms with Crippen LogP contribution in [0.1, 0.15) is 18.6 Å². The molecule has 7 heteroatoms. The zero-order valence-electron chi connectivity index (χ0n) is 10.9. The first-order valence-corrected chi connectivity index (χ1v) is 7.57. The predicted molar refractivity (Wildman–Crippen MR) is 85.6 cm³/mol. The molecular formula is C14H11Br2NO4. The zero-order chi connectivity index (χ0) is 15.6. The maximum Gasteiger partial charge on any atom is 0.287 e. The molecule has 1 N–H and O–H groups in total. The maximum absolute atomic E-state index is 10.9. The number of hydrogen-bond acceptors (Lipinski definition) is 4. The maximum atomic E-state index is 10.9. The molecule has 0 spiro atoms. The lowest BCUT2D eigenvalue weighted by Gasteiger charge is -2.11. The molecule has 0 aliphatic carbocycles. The van der Waals surface area contributed by atoms with E-state index >= 15 is 0 Å². The van der Waals surface area contributed by atoms with Crippen molar-refractivity contribution in [2.45, 2.75) is 13.0 Å². The molecule has 0 aliphatic rings. The van der Waals surface area contributed by atoms with Crippen LogP contribution in [0.5, 0.6) is 11.5 Å². The van der Waals surface area contributed by atoms with E-state index in [-0.39, 0.29) is 10.2 Å². The number of rotatable bonds is 4. The summed E-state index contributed by atoms with van der Waals surface area (Å²) in [5, 5.41) is 20.4. The van der Waals surface area contributed by atoms with Gasteiger partial charge in [-0.25, -0.2) is 0 Å². The first kappa shape index (κ1) is 15.9. The summed E-state index contributed by atoms with van der Waals surface area (Å²) in [4.78, 5) is 10.4. The number of aliphatic hydroxyl groups excluding tert-OH is 1. The molecule has 2 rings (SSSR count). The third kappa shape index (κ3) is 3.61. The molecule has 0 saturated heterocycles. The standard InChI is InChI=1S/C14H11Br2NO4/c1-8(18)9-5-6-12(10(15)7-9)21-13-4-2-3-11(14(13)16)17(19)20/h2-8,18H,1H3/t8-/m0/s1. The molecule has 5 nitrogen and oxygen atoms in total. The third-order valence-electron chi connectivity index (χ3n) is 2.80. The van der Waals surface area contributed by atoms with E-state index in [1.807, 2.05) is 0 Å². The van der Waals surface area contributed by atoms with Gasteiger partial charge in [-0.1, -0.05) is 12.1 Å². The lowest BCUT2D eigenvalue weighted by atomic mass is 10.1. The summed E-state index contributed by atoms with van der Waals surface area (Å²) in [6.45, 7) is 1.67. The summed E-state index contributed by atoms with van der Waals surface area (Å²) >= 11 is 6.54. The molecule has 1 atom stereocenters. The summed E-state index contributed by atoms with van der Waals surface area (Å²) in [6.07, 6.45) is -0.583. The van der Waals surface area contributed by atoms with Gasteiger partial charge < -0.3 is 9.84 Å². The Kier molecular flexibility index (Phi) is 4.97. The molecule has 0 fully saturated rings. The molecule has 0 aliphatic heterocycles. The average molecular weight is 417 g/mol. The van der Waals surface area contributed by atoms with Crippen LogP contribution >= 0.6 is 31.9 Å². The SMILES string of the molecule is C[C@H](O)c1ccc(Oc2cccc([N+](=O)[O-])c2Br)c(Br)c1. The second-order valence-electron chi connectivity index (χ2n) is 4.31. The van der Waals surface area contributed by atoms with E-state index in [1.54, 1.807) is 37.3 Å². The van der Waals surface area contributed by atoms with Gasteiger partial charge in [0, 0.05) is 6.07 Å². The number of hydrogen-bond donors (Lipinski definition) is 1. The van der Waals surface area contributed by atoms with Crippen molar-refractivity contribution in [3.05, 3.63) is 61.0 Å². The molecule has 21 heavy (non-hydrogen) atoms. The predicted octanol–water partition coefficient (Wildman–Crippen LogP) is 4.97. The molecule has 110 valence electrons. The molecule has 0 unspecified atom stereocenters. The van der Waals surface area contributed by atoms with Crippen LogP contribution in [-0.4, -0.2) is 10.0 Å². The van der Waals surface area contributed by atoms with Crippen LogP contribution in [0.25, 0.3) is 0 Å². The highest BCUT2D eigenvalue weighted by Crippen LogP contribution is 2.39.